The third-order valence-corrected chi connectivity index (χ3v) is 9.32. The molecule has 1 heterocycles. The van der Waals surface area contributed by atoms with Crippen molar-refractivity contribution in [2.45, 2.75) is 13.8 Å². The van der Waals surface area contributed by atoms with Crippen LogP contribution in [0.15, 0.2) is 170 Å². The maximum atomic E-state index is 14.1. The molecule has 8 aromatic rings. The molecule has 0 atom stereocenters. The zero-order chi connectivity index (χ0) is 36.7. The van der Waals surface area contributed by atoms with E-state index in [-0.39, 0.29) is 5.97 Å². The van der Waals surface area contributed by atoms with Crippen LogP contribution in [0.2, 0.25) is 0 Å². The molecule has 0 amide bonds. The topological polar surface area (TPSA) is 62.5 Å². The molecule has 0 fully saturated rings. The molecular formula is C48H39NO4. The van der Waals surface area contributed by atoms with Crippen LogP contribution in [0.5, 0.6) is 5.75 Å². The van der Waals surface area contributed by atoms with Gasteiger partial charge < -0.3 is 14.7 Å². The predicted octanol–water partition coefficient (Wildman–Crippen LogP) is 11.5. The average Bonchev–Trinajstić information content (AvgIpc) is 3.21. The number of hydrogen-bond donors (Lipinski definition) is 0. The molecule has 53 heavy (non-hydrogen) atoms. The second-order valence-corrected chi connectivity index (χ2v) is 12.5. The van der Waals surface area contributed by atoms with Gasteiger partial charge in [-0.1, -0.05) is 140 Å². The van der Waals surface area contributed by atoms with Gasteiger partial charge in [0.15, 0.2) is 6.20 Å². The number of hydrogen-bond acceptors (Lipinski definition) is 4. The number of carbonyl (C=O) groups is 1. The summed E-state index contributed by atoms with van der Waals surface area (Å²) >= 11 is 0. The van der Waals surface area contributed by atoms with Crippen molar-refractivity contribution in [1.29, 1.82) is 0 Å². The lowest BCUT2D eigenvalue weighted by molar-refractivity contribution is -0.592. The molecule has 0 bridgehead atoms. The highest BCUT2D eigenvalue weighted by molar-refractivity contribution is 6.23. The van der Waals surface area contributed by atoms with Crippen LogP contribution in [0.4, 0.5) is 0 Å². The van der Waals surface area contributed by atoms with Crippen molar-refractivity contribution >= 4 is 27.5 Å². The lowest BCUT2D eigenvalue weighted by Gasteiger charge is -2.26. The molecule has 7 aromatic carbocycles. The van der Waals surface area contributed by atoms with Crippen molar-refractivity contribution < 1.29 is 19.0 Å². The van der Waals surface area contributed by atoms with E-state index in [9.17, 15) is 10.0 Å². The van der Waals surface area contributed by atoms with Gasteiger partial charge in [0.1, 0.15) is 5.75 Å². The van der Waals surface area contributed by atoms with Crippen molar-refractivity contribution in [3.05, 3.63) is 175 Å². The molecule has 5 nitrogen and oxygen atoms in total. The summed E-state index contributed by atoms with van der Waals surface area (Å²) in [7, 11) is 1.68. The lowest BCUT2D eigenvalue weighted by Crippen LogP contribution is -2.28. The van der Waals surface area contributed by atoms with E-state index in [1.165, 1.54) is 6.92 Å². The van der Waals surface area contributed by atoms with Crippen molar-refractivity contribution in [3.63, 3.8) is 0 Å². The molecule has 260 valence electrons. The lowest BCUT2D eigenvalue weighted by atomic mass is 9.77. The molecule has 0 radical (unpaired) electrons. The van der Waals surface area contributed by atoms with Crippen molar-refractivity contribution in [2.24, 2.45) is 0 Å². The highest BCUT2D eigenvalue weighted by atomic mass is 16.5. The Bertz CT molecular complexity index is 2520. The normalized spacial score (nSPS) is 10.8. The number of nitrogens with zero attached hydrogens (tertiary/aromatic N) is 1. The Morgan fingerprint density at radius 1 is 0.547 bits per heavy atom. The van der Waals surface area contributed by atoms with Crippen LogP contribution in [0.1, 0.15) is 13.8 Å². The molecule has 0 N–H and O–H groups in total. The van der Waals surface area contributed by atoms with Gasteiger partial charge in [0, 0.05) is 18.4 Å². The van der Waals surface area contributed by atoms with Crippen molar-refractivity contribution in [1.82, 2.24) is 0 Å². The number of ether oxygens (including phenoxy) is 2. The third kappa shape index (κ3) is 6.85. The number of benzene rings is 7. The first-order valence-electron chi connectivity index (χ1n) is 17.7. The Hall–Kier alpha value is -6.72. The minimum atomic E-state index is -0.211. The van der Waals surface area contributed by atoms with Gasteiger partial charge >= 0.3 is 5.97 Å². The number of methoxy groups -OCH3 is 1. The molecule has 5 heteroatoms. The molecule has 0 spiro atoms. The second kappa shape index (κ2) is 15.7. The molecule has 0 aliphatic heterocycles. The fourth-order valence-electron chi connectivity index (χ4n) is 7.20. The van der Waals surface area contributed by atoms with Crippen LogP contribution in [0.3, 0.4) is 0 Å². The van der Waals surface area contributed by atoms with Crippen molar-refractivity contribution in [2.75, 3.05) is 13.7 Å². The Morgan fingerprint density at radius 2 is 1.02 bits per heavy atom. The Balaban J connectivity index is 0.000000672. The highest BCUT2D eigenvalue weighted by Crippen LogP contribution is 2.54. The summed E-state index contributed by atoms with van der Waals surface area (Å²) in [5, 5.41) is 17.9. The van der Waals surface area contributed by atoms with Gasteiger partial charge in [-0.25, -0.2) is 0 Å². The fourth-order valence-corrected chi connectivity index (χ4v) is 7.20. The summed E-state index contributed by atoms with van der Waals surface area (Å²) in [6.07, 6.45) is 1.60. The van der Waals surface area contributed by atoms with E-state index in [1.807, 2.05) is 42.5 Å². The minimum Gasteiger partial charge on any atom is -0.618 e. The Labute approximate surface area is 309 Å². The van der Waals surface area contributed by atoms with Crippen molar-refractivity contribution in [3.8, 4) is 61.5 Å². The standard InChI is InChI=1S/C44H31NO2.C4H8O2/c1-47-37-27-26-36-38(31-17-6-2-7-18-31)39(32-19-8-3-9-20-32)40(33-21-10-4-11-22-33)41(34-23-12-5-13-24-34)42(36)43(37)44-35-25-15-14-16-30(35)28-29-45(44)46;1-3-6-4(2)5/h2-29H,1H3;3H2,1-2H3. The SMILES string of the molecule is CCOC(C)=O.COc1ccc2c(-c3ccccc3)c(-c3ccccc3)c(-c3ccccc3)c(-c3ccccc3)c2c1-c1c2ccccc2cc[n+]1[O-]. The van der Waals surface area contributed by atoms with Crippen LogP contribution in [0.25, 0.3) is 77.3 Å². The number of pyridine rings is 1. The van der Waals surface area contributed by atoms with E-state index in [4.69, 9.17) is 4.74 Å². The molecule has 0 saturated carbocycles. The first-order valence-corrected chi connectivity index (χ1v) is 17.7. The fraction of sp³-hybridized carbons (Fsp3) is 0.0833. The summed E-state index contributed by atoms with van der Waals surface area (Å²) in [4.78, 5) is 9.82. The maximum Gasteiger partial charge on any atom is 0.302 e. The molecule has 0 saturated heterocycles. The first-order chi connectivity index (χ1) is 26.0. The number of fused-ring (bicyclic) bond motifs is 2. The summed E-state index contributed by atoms with van der Waals surface area (Å²) in [5.41, 5.74) is 10.1. The zero-order valence-corrected chi connectivity index (χ0v) is 30.0. The van der Waals surface area contributed by atoms with Crippen LogP contribution < -0.4 is 9.47 Å². The molecule has 8 rings (SSSR count). The van der Waals surface area contributed by atoms with Gasteiger partial charge in [-0.15, -0.1) is 0 Å². The molecule has 0 aliphatic rings. The first kappa shape index (κ1) is 34.7. The van der Waals surface area contributed by atoms with E-state index >= 15 is 0 Å². The van der Waals surface area contributed by atoms with E-state index in [2.05, 4.69) is 126 Å². The smallest absolute Gasteiger partial charge is 0.302 e. The number of esters is 1. The largest absolute Gasteiger partial charge is 0.618 e. The maximum absolute atomic E-state index is 14.1. The van der Waals surface area contributed by atoms with E-state index in [1.54, 1.807) is 20.2 Å². The summed E-state index contributed by atoms with van der Waals surface area (Å²) in [6.45, 7) is 3.65. The van der Waals surface area contributed by atoms with Crippen LogP contribution in [-0.2, 0) is 9.53 Å². The Morgan fingerprint density at radius 3 is 1.51 bits per heavy atom. The van der Waals surface area contributed by atoms with E-state index in [0.717, 1.165) is 76.3 Å². The van der Waals surface area contributed by atoms with Gasteiger partial charge in [0.25, 0.3) is 0 Å². The molecule has 1 aromatic heterocycles. The minimum absolute atomic E-state index is 0.211. The summed E-state index contributed by atoms with van der Waals surface area (Å²) < 4.78 is 11.5. The average molecular weight is 694 g/mol. The van der Waals surface area contributed by atoms with Gasteiger partial charge in [-0.2, -0.15) is 4.73 Å². The number of aromatic nitrogens is 1. The summed E-state index contributed by atoms with van der Waals surface area (Å²) in [6, 6.07) is 56.4. The van der Waals surface area contributed by atoms with Crippen LogP contribution in [-0.4, -0.2) is 19.7 Å². The third-order valence-electron chi connectivity index (χ3n) is 9.32. The second-order valence-electron chi connectivity index (χ2n) is 12.5. The summed E-state index contributed by atoms with van der Waals surface area (Å²) in [5.74, 6) is 0.429. The van der Waals surface area contributed by atoms with Gasteiger partial charge in [-0.3, -0.25) is 4.79 Å². The van der Waals surface area contributed by atoms with Crippen LogP contribution in [0, 0.1) is 5.21 Å². The molecule has 0 unspecified atom stereocenters. The van der Waals surface area contributed by atoms with E-state index in [0.29, 0.717) is 18.1 Å². The molecule has 0 aliphatic carbocycles. The quantitative estimate of drug-likeness (QED) is 0.0947. The predicted molar refractivity (Wildman–Crippen MR) is 216 cm³/mol. The Kier molecular flexibility index (Phi) is 10.3. The van der Waals surface area contributed by atoms with E-state index < -0.39 is 0 Å². The number of rotatable bonds is 7. The van der Waals surface area contributed by atoms with Crippen LogP contribution >= 0.6 is 0 Å². The molecular weight excluding hydrogens is 655 g/mol. The zero-order valence-electron chi connectivity index (χ0n) is 30.0. The van der Waals surface area contributed by atoms with Gasteiger partial charge in [-0.05, 0) is 80.4 Å². The van der Waals surface area contributed by atoms with Gasteiger partial charge in [0.2, 0.25) is 5.69 Å². The highest BCUT2D eigenvalue weighted by Gasteiger charge is 2.30. The number of carbonyl (C=O) groups excluding carboxylic acids is 1. The van der Waals surface area contributed by atoms with Gasteiger partial charge in [0.05, 0.1) is 24.7 Å². The monoisotopic (exact) mass is 693 g/mol.